The maximum absolute atomic E-state index is 12.6. The molecule has 1 aromatic heterocycles. The van der Waals surface area contributed by atoms with E-state index in [0.29, 0.717) is 30.0 Å². The number of carbonyl (C=O) groups is 1. The van der Waals surface area contributed by atoms with Crippen molar-refractivity contribution in [3.8, 4) is 0 Å². The molecule has 3 aromatic rings. The predicted octanol–water partition coefficient (Wildman–Crippen LogP) is 3.27. The number of H-pyrrole nitrogens is 1. The molecule has 0 bridgehead atoms. The highest BCUT2D eigenvalue weighted by Gasteiger charge is 2.28. The summed E-state index contributed by atoms with van der Waals surface area (Å²) in [5.74, 6) is -0.0943. The normalized spacial score (nSPS) is 16.1. The van der Waals surface area contributed by atoms with Gasteiger partial charge in [-0.3, -0.25) is 9.10 Å². The van der Waals surface area contributed by atoms with Crippen molar-refractivity contribution in [2.45, 2.75) is 13.3 Å². The maximum atomic E-state index is 12.6. The van der Waals surface area contributed by atoms with Gasteiger partial charge in [0.05, 0.1) is 11.4 Å². The second-order valence-corrected chi connectivity index (χ2v) is 8.48. The summed E-state index contributed by atoms with van der Waals surface area (Å²) >= 11 is 0. The molecule has 1 aliphatic heterocycles. The molecule has 1 fully saturated rings. The Balaban J connectivity index is 1.63. The number of hydrogen-bond acceptors (Lipinski definition) is 3. The molecule has 2 N–H and O–H groups in total. The number of amides is 1. The van der Waals surface area contributed by atoms with Gasteiger partial charge in [-0.25, -0.2) is 8.42 Å². The number of hydrogen-bond donors (Lipinski definition) is 2. The fourth-order valence-corrected chi connectivity index (χ4v) is 4.77. The van der Waals surface area contributed by atoms with E-state index in [0.717, 1.165) is 16.5 Å². The minimum absolute atomic E-state index is 0.164. The average Bonchev–Trinajstić information content (AvgIpc) is 3.19. The van der Waals surface area contributed by atoms with E-state index in [9.17, 15) is 13.2 Å². The molecule has 7 heteroatoms. The molecular formula is C19H19N3O3S. The highest BCUT2D eigenvalue weighted by atomic mass is 32.2. The van der Waals surface area contributed by atoms with Crippen molar-refractivity contribution in [3.63, 3.8) is 0 Å². The topological polar surface area (TPSA) is 82.3 Å². The number of benzene rings is 2. The number of fused-ring (bicyclic) bond motifs is 1. The van der Waals surface area contributed by atoms with E-state index < -0.39 is 10.0 Å². The molecule has 4 rings (SSSR count). The highest BCUT2D eigenvalue weighted by Crippen LogP contribution is 2.29. The quantitative estimate of drug-likeness (QED) is 0.743. The molecule has 1 aliphatic rings. The monoisotopic (exact) mass is 369 g/mol. The van der Waals surface area contributed by atoms with Crippen LogP contribution in [0.2, 0.25) is 0 Å². The molecule has 1 amide bonds. The van der Waals surface area contributed by atoms with Crippen LogP contribution in [0.5, 0.6) is 0 Å². The number of nitrogens with one attached hydrogen (secondary N) is 2. The van der Waals surface area contributed by atoms with E-state index in [1.54, 1.807) is 18.2 Å². The zero-order valence-electron chi connectivity index (χ0n) is 14.3. The molecule has 6 nitrogen and oxygen atoms in total. The number of aromatic nitrogens is 1. The molecule has 0 atom stereocenters. The predicted molar refractivity (Wildman–Crippen MR) is 103 cm³/mol. The highest BCUT2D eigenvalue weighted by molar-refractivity contribution is 7.93. The van der Waals surface area contributed by atoms with Crippen LogP contribution >= 0.6 is 0 Å². The summed E-state index contributed by atoms with van der Waals surface area (Å²) in [6.07, 6.45) is 0.618. The number of aryl methyl sites for hydroxylation is 1. The van der Waals surface area contributed by atoms with Crippen LogP contribution in [0, 0.1) is 6.92 Å². The first-order chi connectivity index (χ1) is 12.4. The van der Waals surface area contributed by atoms with Crippen LogP contribution < -0.4 is 9.62 Å². The first-order valence-corrected chi connectivity index (χ1v) is 10.1. The van der Waals surface area contributed by atoms with Gasteiger partial charge in [0.15, 0.2) is 0 Å². The van der Waals surface area contributed by atoms with Gasteiger partial charge in [0.2, 0.25) is 10.0 Å². The second kappa shape index (κ2) is 6.17. The largest absolute Gasteiger partial charge is 0.351 e. The Labute approximate surface area is 151 Å². The minimum atomic E-state index is -3.25. The molecule has 0 unspecified atom stereocenters. The first-order valence-electron chi connectivity index (χ1n) is 8.44. The summed E-state index contributed by atoms with van der Waals surface area (Å²) in [6, 6.07) is 14.8. The minimum Gasteiger partial charge on any atom is -0.351 e. The van der Waals surface area contributed by atoms with Crippen LogP contribution in [-0.2, 0) is 10.0 Å². The standard InChI is InChI=1S/C19H19N3O3S/c1-13-7-8-15(22-9-4-10-26(22,24)25)12-17(13)21-19(23)18-11-14-5-2-3-6-16(14)20-18/h2-3,5-8,11-12,20H,4,9-10H2,1H3,(H,21,23). The number of nitrogens with zero attached hydrogens (tertiary/aromatic N) is 1. The van der Waals surface area contributed by atoms with Gasteiger partial charge in [-0.15, -0.1) is 0 Å². The van der Waals surface area contributed by atoms with E-state index in [-0.39, 0.29) is 11.7 Å². The van der Waals surface area contributed by atoms with Crippen LogP contribution in [0.4, 0.5) is 11.4 Å². The number of rotatable bonds is 3. The van der Waals surface area contributed by atoms with Crippen molar-refractivity contribution in [2.24, 2.45) is 0 Å². The third-order valence-electron chi connectivity index (χ3n) is 4.63. The molecule has 0 spiro atoms. The number of anilines is 2. The van der Waals surface area contributed by atoms with Gasteiger partial charge in [-0.2, -0.15) is 0 Å². The Morgan fingerprint density at radius 3 is 2.69 bits per heavy atom. The lowest BCUT2D eigenvalue weighted by Crippen LogP contribution is -2.25. The van der Waals surface area contributed by atoms with Gasteiger partial charge < -0.3 is 10.3 Å². The number of sulfonamides is 1. The van der Waals surface area contributed by atoms with E-state index in [1.807, 2.05) is 37.3 Å². The Morgan fingerprint density at radius 2 is 1.96 bits per heavy atom. The lowest BCUT2D eigenvalue weighted by molar-refractivity contribution is 0.102. The van der Waals surface area contributed by atoms with Gasteiger partial charge in [0.25, 0.3) is 5.91 Å². The van der Waals surface area contributed by atoms with Gasteiger partial charge in [-0.05, 0) is 43.2 Å². The van der Waals surface area contributed by atoms with Gasteiger partial charge >= 0.3 is 0 Å². The number of carbonyl (C=O) groups excluding carboxylic acids is 1. The van der Waals surface area contributed by atoms with Gasteiger partial charge in [0.1, 0.15) is 5.69 Å². The summed E-state index contributed by atoms with van der Waals surface area (Å²) in [6.45, 7) is 2.35. The molecule has 0 aliphatic carbocycles. The first kappa shape index (κ1) is 16.7. The summed E-state index contributed by atoms with van der Waals surface area (Å²) in [5, 5.41) is 3.85. The smallest absolute Gasteiger partial charge is 0.272 e. The Morgan fingerprint density at radius 1 is 1.15 bits per heavy atom. The van der Waals surface area contributed by atoms with Crippen LogP contribution in [-0.4, -0.2) is 31.6 Å². The SMILES string of the molecule is Cc1ccc(N2CCCS2(=O)=O)cc1NC(=O)c1cc2ccccc2[nH]1. The van der Waals surface area contributed by atoms with Gasteiger partial charge in [-0.1, -0.05) is 24.3 Å². The fourth-order valence-electron chi connectivity index (χ4n) is 3.21. The van der Waals surface area contributed by atoms with Crippen molar-refractivity contribution in [3.05, 3.63) is 59.8 Å². The van der Waals surface area contributed by atoms with Crippen molar-refractivity contribution in [2.75, 3.05) is 21.9 Å². The van der Waals surface area contributed by atoms with E-state index in [4.69, 9.17) is 0 Å². The molecule has 2 aromatic carbocycles. The lowest BCUT2D eigenvalue weighted by Gasteiger charge is -2.19. The van der Waals surface area contributed by atoms with Crippen molar-refractivity contribution >= 4 is 38.2 Å². The molecule has 134 valence electrons. The van der Waals surface area contributed by atoms with Crippen molar-refractivity contribution in [1.29, 1.82) is 0 Å². The Kier molecular flexibility index (Phi) is 3.96. The zero-order chi connectivity index (χ0) is 18.3. The van der Waals surface area contributed by atoms with E-state index in [2.05, 4.69) is 10.3 Å². The summed E-state index contributed by atoms with van der Waals surface area (Å²) in [4.78, 5) is 15.7. The maximum Gasteiger partial charge on any atom is 0.272 e. The molecule has 0 radical (unpaired) electrons. The fraction of sp³-hybridized carbons (Fsp3) is 0.211. The number of aromatic amines is 1. The van der Waals surface area contributed by atoms with E-state index >= 15 is 0 Å². The Bertz CT molecular complexity index is 1070. The second-order valence-electron chi connectivity index (χ2n) is 6.47. The molecular weight excluding hydrogens is 350 g/mol. The number of para-hydroxylation sites is 1. The molecule has 1 saturated heterocycles. The lowest BCUT2D eigenvalue weighted by atomic mass is 10.1. The van der Waals surface area contributed by atoms with Crippen molar-refractivity contribution in [1.82, 2.24) is 4.98 Å². The van der Waals surface area contributed by atoms with E-state index in [1.165, 1.54) is 4.31 Å². The van der Waals surface area contributed by atoms with Crippen molar-refractivity contribution < 1.29 is 13.2 Å². The average molecular weight is 369 g/mol. The summed E-state index contributed by atoms with van der Waals surface area (Å²) in [7, 11) is -3.25. The zero-order valence-corrected chi connectivity index (χ0v) is 15.1. The summed E-state index contributed by atoms with van der Waals surface area (Å²) in [5.41, 5.74) is 3.42. The van der Waals surface area contributed by atoms with Crippen LogP contribution in [0.1, 0.15) is 22.5 Å². The third-order valence-corrected chi connectivity index (χ3v) is 6.50. The third kappa shape index (κ3) is 2.94. The molecule has 0 saturated carbocycles. The summed E-state index contributed by atoms with van der Waals surface area (Å²) < 4.78 is 25.7. The van der Waals surface area contributed by atoms with Gasteiger partial charge in [0, 0.05) is 23.1 Å². The molecule has 2 heterocycles. The van der Waals surface area contributed by atoms with Crippen LogP contribution in [0.15, 0.2) is 48.5 Å². The Hall–Kier alpha value is -2.80. The van der Waals surface area contributed by atoms with Crippen LogP contribution in [0.3, 0.4) is 0 Å². The molecule has 26 heavy (non-hydrogen) atoms. The van der Waals surface area contributed by atoms with Crippen LogP contribution in [0.25, 0.3) is 10.9 Å².